The van der Waals surface area contributed by atoms with Crippen LogP contribution in [0.1, 0.15) is 6.42 Å². The van der Waals surface area contributed by atoms with Crippen LogP contribution in [0.15, 0.2) is 102 Å². The molecular weight excluding hydrogens is 462 g/mol. The third-order valence-electron chi connectivity index (χ3n) is 5.55. The number of carbonyl (C=O) groups excluding carboxylic acids is 1. The number of nitrogens with one attached hydrogen (secondary N) is 2. The molecular formula is C27H27N3O4S. The average molecular weight is 490 g/mol. The Morgan fingerprint density at radius 3 is 2.34 bits per heavy atom. The number of amides is 2. The first-order valence-electron chi connectivity index (χ1n) is 11.2. The Hall–Kier alpha value is -3.88. The van der Waals surface area contributed by atoms with Crippen LogP contribution >= 0.6 is 0 Å². The van der Waals surface area contributed by atoms with Crippen molar-refractivity contribution in [2.45, 2.75) is 11.3 Å². The normalized spacial score (nSPS) is 11.2. The van der Waals surface area contributed by atoms with Gasteiger partial charge in [0.05, 0.1) is 17.7 Å². The van der Waals surface area contributed by atoms with E-state index >= 15 is 0 Å². The number of benzene rings is 4. The number of anilines is 2. The van der Waals surface area contributed by atoms with Gasteiger partial charge in [-0.15, -0.1) is 0 Å². The van der Waals surface area contributed by atoms with Gasteiger partial charge in [0.1, 0.15) is 5.75 Å². The second-order valence-corrected chi connectivity index (χ2v) is 9.58. The number of hydrogen-bond donors (Lipinski definition) is 2. The van der Waals surface area contributed by atoms with E-state index in [1.54, 1.807) is 42.3 Å². The summed E-state index contributed by atoms with van der Waals surface area (Å²) in [5, 5.41) is 4.42. The lowest BCUT2D eigenvalue weighted by molar-refractivity contribution is 0.256. The summed E-state index contributed by atoms with van der Waals surface area (Å²) >= 11 is 0. The number of urea groups is 1. The number of rotatable bonds is 9. The van der Waals surface area contributed by atoms with Crippen LogP contribution in [-0.4, -0.2) is 34.6 Å². The summed E-state index contributed by atoms with van der Waals surface area (Å²) in [5.41, 5.74) is 1.26. The summed E-state index contributed by atoms with van der Waals surface area (Å²) < 4.78 is 34.0. The molecule has 180 valence electrons. The number of para-hydroxylation sites is 3. The molecule has 0 aromatic heterocycles. The minimum absolute atomic E-state index is 0.177. The van der Waals surface area contributed by atoms with Crippen LogP contribution in [0.25, 0.3) is 10.8 Å². The van der Waals surface area contributed by atoms with Crippen molar-refractivity contribution in [2.75, 3.05) is 30.4 Å². The predicted octanol–water partition coefficient (Wildman–Crippen LogP) is 5.26. The van der Waals surface area contributed by atoms with Gasteiger partial charge in [-0.25, -0.2) is 17.9 Å². The smallest absolute Gasteiger partial charge is 0.326 e. The van der Waals surface area contributed by atoms with Crippen molar-refractivity contribution in [3.8, 4) is 5.75 Å². The maximum Gasteiger partial charge on any atom is 0.326 e. The molecule has 0 aliphatic carbocycles. The Labute approximate surface area is 205 Å². The lowest BCUT2D eigenvalue weighted by atomic mass is 10.1. The number of ether oxygens (including phenoxy) is 1. The zero-order valence-electron chi connectivity index (χ0n) is 19.3. The maximum atomic E-state index is 13.2. The van der Waals surface area contributed by atoms with Crippen LogP contribution in [-0.2, 0) is 10.0 Å². The van der Waals surface area contributed by atoms with Gasteiger partial charge in [0.25, 0.3) is 0 Å². The first-order valence-corrected chi connectivity index (χ1v) is 12.7. The van der Waals surface area contributed by atoms with Gasteiger partial charge in [-0.1, -0.05) is 66.7 Å². The fourth-order valence-corrected chi connectivity index (χ4v) is 5.14. The predicted molar refractivity (Wildman–Crippen MR) is 140 cm³/mol. The van der Waals surface area contributed by atoms with E-state index < -0.39 is 10.0 Å². The van der Waals surface area contributed by atoms with Gasteiger partial charge >= 0.3 is 6.03 Å². The van der Waals surface area contributed by atoms with Crippen LogP contribution in [0.3, 0.4) is 0 Å². The van der Waals surface area contributed by atoms with Crippen molar-refractivity contribution in [3.63, 3.8) is 0 Å². The molecule has 0 aliphatic heterocycles. The molecule has 4 aromatic carbocycles. The van der Waals surface area contributed by atoms with Gasteiger partial charge in [0, 0.05) is 24.2 Å². The van der Waals surface area contributed by atoms with Crippen molar-refractivity contribution in [1.29, 1.82) is 0 Å². The number of sulfonamides is 1. The Morgan fingerprint density at radius 1 is 0.857 bits per heavy atom. The van der Waals surface area contributed by atoms with E-state index in [1.807, 2.05) is 66.7 Å². The monoisotopic (exact) mass is 489 g/mol. The van der Waals surface area contributed by atoms with Gasteiger partial charge in [-0.2, -0.15) is 0 Å². The van der Waals surface area contributed by atoms with Gasteiger partial charge < -0.3 is 10.1 Å². The molecule has 0 atom stereocenters. The topological polar surface area (TPSA) is 87.7 Å². The van der Waals surface area contributed by atoms with E-state index in [0.29, 0.717) is 35.5 Å². The molecule has 0 bridgehead atoms. The molecule has 0 aliphatic rings. The Morgan fingerprint density at radius 2 is 1.54 bits per heavy atom. The van der Waals surface area contributed by atoms with E-state index in [2.05, 4.69) is 10.0 Å². The Bertz CT molecular complexity index is 1400. The second kappa shape index (κ2) is 11.0. The third-order valence-corrected chi connectivity index (χ3v) is 7.07. The minimum Gasteiger partial charge on any atom is -0.495 e. The van der Waals surface area contributed by atoms with Crippen molar-refractivity contribution in [1.82, 2.24) is 4.72 Å². The second-order valence-electron chi connectivity index (χ2n) is 7.85. The summed E-state index contributed by atoms with van der Waals surface area (Å²) in [4.78, 5) is 15.0. The lowest BCUT2D eigenvalue weighted by Gasteiger charge is -2.24. The van der Waals surface area contributed by atoms with E-state index in [-0.39, 0.29) is 17.5 Å². The van der Waals surface area contributed by atoms with Crippen LogP contribution < -0.4 is 19.7 Å². The van der Waals surface area contributed by atoms with Crippen LogP contribution in [0.2, 0.25) is 0 Å². The molecule has 0 saturated heterocycles. The molecule has 0 heterocycles. The Kier molecular flexibility index (Phi) is 7.64. The summed E-state index contributed by atoms with van der Waals surface area (Å²) in [7, 11) is -2.17. The highest BCUT2D eigenvalue weighted by atomic mass is 32.2. The Balaban J connectivity index is 1.45. The van der Waals surface area contributed by atoms with E-state index in [1.165, 1.54) is 0 Å². The molecule has 0 unspecified atom stereocenters. The highest BCUT2D eigenvalue weighted by molar-refractivity contribution is 7.89. The highest BCUT2D eigenvalue weighted by Gasteiger charge is 2.19. The fourth-order valence-electron chi connectivity index (χ4n) is 3.84. The first kappa shape index (κ1) is 24.3. The first-order chi connectivity index (χ1) is 17.0. The number of fused-ring (bicyclic) bond motifs is 1. The molecule has 0 fully saturated rings. The number of methoxy groups -OCH3 is 1. The van der Waals surface area contributed by atoms with Crippen LogP contribution in [0, 0.1) is 0 Å². The zero-order chi connectivity index (χ0) is 24.7. The molecule has 0 saturated carbocycles. The minimum atomic E-state index is -3.71. The SMILES string of the molecule is COc1ccccc1NC(=O)N(CCCNS(=O)(=O)c1cccc2ccccc12)c1ccccc1. The highest BCUT2D eigenvalue weighted by Crippen LogP contribution is 2.25. The molecule has 2 amide bonds. The number of carbonyl (C=O) groups is 1. The van der Waals surface area contributed by atoms with E-state index in [4.69, 9.17) is 4.74 Å². The average Bonchev–Trinajstić information content (AvgIpc) is 2.89. The summed E-state index contributed by atoms with van der Waals surface area (Å²) in [5.74, 6) is 0.553. The molecule has 0 radical (unpaired) electrons. The molecule has 0 spiro atoms. The van der Waals surface area contributed by atoms with Gasteiger partial charge in [0.15, 0.2) is 0 Å². The number of nitrogens with zero attached hydrogens (tertiary/aromatic N) is 1. The zero-order valence-corrected chi connectivity index (χ0v) is 20.2. The maximum absolute atomic E-state index is 13.2. The number of hydrogen-bond acceptors (Lipinski definition) is 4. The van der Waals surface area contributed by atoms with Gasteiger partial charge in [-0.05, 0) is 42.1 Å². The van der Waals surface area contributed by atoms with Crippen molar-refractivity contribution >= 4 is 38.2 Å². The summed E-state index contributed by atoms with van der Waals surface area (Å²) in [6.45, 7) is 0.486. The van der Waals surface area contributed by atoms with Crippen LogP contribution in [0.4, 0.5) is 16.2 Å². The van der Waals surface area contributed by atoms with Gasteiger partial charge in [-0.3, -0.25) is 4.90 Å². The standard InChI is InChI=1S/C27H27N3O4S/c1-34-25-17-8-7-16-24(25)29-27(31)30(22-13-3-2-4-14-22)20-10-19-28-35(32,33)26-18-9-12-21-11-5-6-15-23(21)26/h2-9,11-18,28H,10,19-20H2,1H3,(H,29,31). The third kappa shape index (κ3) is 5.79. The molecule has 4 aromatic rings. The van der Waals surface area contributed by atoms with Crippen molar-refractivity contribution < 1.29 is 17.9 Å². The molecule has 35 heavy (non-hydrogen) atoms. The lowest BCUT2D eigenvalue weighted by Crippen LogP contribution is -2.37. The summed E-state index contributed by atoms with van der Waals surface area (Å²) in [6.07, 6.45) is 0.415. The fraction of sp³-hybridized carbons (Fsp3) is 0.148. The largest absolute Gasteiger partial charge is 0.495 e. The van der Waals surface area contributed by atoms with Crippen LogP contribution in [0.5, 0.6) is 5.75 Å². The van der Waals surface area contributed by atoms with Gasteiger partial charge in [0.2, 0.25) is 10.0 Å². The summed E-state index contributed by atoms with van der Waals surface area (Å²) in [6, 6.07) is 28.7. The molecule has 7 nitrogen and oxygen atoms in total. The van der Waals surface area contributed by atoms with Crippen molar-refractivity contribution in [2.24, 2.45) is 0 Å². The van der Waals surface area contributed by atoms with Crippen molar-refractivity contribution in [3.05, 3.63) is 97.1 Å². The molecule has 2 N–H and O–H groups in total. The van der Waals surface area contributed by atoms with E-state index in [9.17, 15) is 13.2 Å². The quantitative estimate of drug-likeness (QED) is 0.314. The molecule has 8 heteroatoms. The van der Waals surface area contributed by atoms with E-state index in [0.717, 1.165) is 5.39 Å². The molecule has 4 rings (SSSR count).